The minimum absolute atomic E-state index is 0.171. The Balaban J connectivity index is 1.39. The molecule has 10 heteroatoms. The summed E-state index contributed by atoms with van der Waals surface area (Å²) in [4.78, 5) is 36.1. The van der Waals surface area contributed by atoms with Gasteiger partial charge in [0, 0.05) is 16.4 Å². The first kappa shape index (κ1) is 27.2. The molecule has 0 aliphatic heterocycles. The summed E-state index contributed by atoms with van der Waals surface area (Å²) in [7, 11) is 0. The molecule has 3 N–H and O–H groups in total. The summed E-state index contributed by atoms with van der Waals surface area (Å²) in [5, 5.41) is 9.58. The molecule has 0 fully saturated rings. The molecular formula is C27H27ClN4O5. The number of anilines is 2. The molecule has 37 heavy (non-hydrogen) atoms. The van der Waals surface area contributed by atoms with E-state index in [-0.39, 0.29) is 12.5 Å². The molecule has 0 atom stereocenters. The number of carbonyl (C=O) groups is 3. The molecule has 0 spiro atoms. The van der Waals surface area contributed by atoms with Crippen LogP contribution in [0.3, 0.4) is 0 Å². The van der Waals surface area contributed by atoms with Crippen LogP contribution in [0.25, 0.3) is 0 Å². The van der Waals surface area contributed by atoms with Crippen molar-refractivity contribution >= 4 is 46.9 Å². The second kappa shape index (κ2) is 14.3. The zero-order valence-electron chi connectivity index (χ0n) is 20.2. The largest absolute Gasteiger partial charge is 0.494 e. The van der Waals surface area contributed by atoms with Gasteiger partial charge in [0.15, 0.2) is 6.61 Å². The van der Waals surface area contributed by atoms with Crippen LogP contribution in [0.1, 0.15) is 25.3 Å². The SMILES string of the molecule is CCCCOc1ccc(NC(=O)C(=O)N/N=C\c2ccc(OCC(=O)Nc3ccc(Cl)cc3)cc2)cc1. The van der Waals surface area contributed by atoms with E-state index in [1.807, 2.05) is 0 Å². The molecule has 0 aliphatic rings. The van der Waals surface area contributed by atoms with Crippen LogP contribution in [0.5, 0.6) is 11.5 Å². The molecule has 3 aromatic rings. The standard InChI is InChI=1S/C27H27ClN4O5/c1-2-3-16-36-23-14-10-22(11-15-23)31-26(34)27(35)32-29-17-19-4-12-24(13-5-19)37-18-25(33)30-21-8-6-20(28)7-9-21/h4-15,17H,2-3,16,18H2,1H3,(H,30,33)(H,31,34)(H,32,35)/b29-17-. The first-order chi connectivity index (χ1) is 17.9. The molecule has 9 nitrogen and oxygen atoms in total. The third-order valence-corrected chi connectivity index (χ3v) is 5.09. The van der Waals surface area contributed by atoms with E-state index in [0.717, 1.165) is 12.8 Å². The predicted molar refractivity (Wildman–Crippen MR) is 143 cm³/mol. The predicted octanol–water partition coefficient (Wildman–Crippen LogP) is 4.63. The molecule has 3 amide bonds. The summed E-state index contributed by atoms with van der Waals surface area (Å²) in [5.41, 5.74) is 3.91. The Kier molecular flexibility index (Phi) is 10.5. The van der Waals surface area contributed by atoms with E-state index in [9.17, 15) is 14.4 Å². The van der Waals surface area contributed by atoms with Gasteiger partial charge in [0.2, 0.25) is 0 Å². The maximum atomic E-state index is 12.1. The lowest BCUT2D eigenvalue weighted by Crippen LogP contribution is -2.32. The van der Waals surface area contributed by atoms with Gasteiger partial charge < -0.3 is 20.1 Å². The number of hydrazone groups is 1. The maximum absolute atomic E-state index is 12.1. The van der Waals surface area contributed by atoms with Gasteiger partial charge in [-0.3, -0.25) is 14.4 Å². The number of ether oxygens (including phenoxy) is 2. The summed E-state index contributed by atoms with van der Waals surface area (Å²) in [6, 6.07) is 20.2. The highest BCUT2D eigenvalue weighted by molar-refractivity contribution is 6.39. The molecule has 0 aromatic heterocycles. The fourth-order valence-electron chi connectivity index (χ4n) is 2.90. The number of nitrogens with one attached hydrogen (secondary N) is 3. The Labute approximate surface area is 219 Å². The fraction of sp³-hybridized carbons (Fsp3) is 0.185. The lowest BCUT2D eigenvalue weighted by atomic mass is 10.2. The summed E-state index contributed by atoms with van der Waals surface area (Å²) in [6.07, 6.45) is 3.38. The molecule has 0 radical (unpaired) electrons. The van der Waals surface area contributed by atoms with E-state index in [4.69, 9.17) is 21.1 Å². The molecule has 192 valence electrons. The molecular weight excluding hydrogens is 496 g/mol. The maximum Gasteiger partial charge on any atom is 0.329 e. The average Bonchev–Trinajstić information content (AvgIpc) is 2.90. The van der Waals surface area contributed by atoms with E-state index in [1.165, 1.54) is 6.21 Å². The van der Waals surface area contributed by atoms with Crippen LogP contribution in [0.2, 0.25) is 5.02 Å². The van der Waals surface area contributed by atoms with Gasteiger partial charge in [-0.05, 0) is 84.8 Å². The zero-order chi connectivity index (χ0) is 26.5. The number of amides is 3. The smallest absolute Gasteiger partial charge is 0.329 e. The van der Waals surface area contributed by atoms with Gasteiger partial charge in [-0.25, -0.2) is 5.43 Å². The number of hydrogen-bond donors (Lipinski definition) is 3. The van der Waals surface area contributed by atoms with Crippen molar-refractivity contribution in [2.24, 2.45) is 5.10 Å². The summed E-state index contributed by atoms with van der Waals surface area (Å²) in [5.74, 6) is -0.902. The first-order valence-electron chi connectivity index (χ1n) is 11.6. The Bertz CT molecular complexity index is 1210. The highest BCUT2D eigenvalue weighted by Crippen LogP contribution is 2.16. The molecule has 0 heterocycles. The number of unbranched alkanes of at least 4 members (excludes halogenated alkanes) is 1. The van der Waals surface area contributed by atoms with Gasteiger partial charge in [0.1, 0.15) is 11.5 Å². The number of hydrogen-bond acceptors (Lipinski definition) is 6. The van der Waals surface area contributed by atoms with E-state index in [0.29, 0.717) is 40.1 Å². The molecule has 0 unspecified atom stereocenters. The van der Waals surface area contributed by atoms with Crippen molar-refractivity contribution in [1.29, 1.82) is 0 Å². The minimum Gasteiger partial charge on any atom is -0.494 e. The Hall–Kier alpha value is -4.37. The highest BCUT2D eigenvalue weighted by Gasteiger charge is 2.13. The van der Waals surface area contributed by atoms with Crippen LogP contribution >= 0.6 is 11.6 Å². The van der Waals surface area contributed by atoms with Crippen LogP contribution in [0, 0.1) is 0 Å². The monoisotopic (exact) mass is 522 g/mol. The normalized spacial score (nSPS) is 10.5. The van der Waals surface area contributed by atoms with Crippen molar-refractivity contribution in [3.63, 3.8) is 0 Å². The molecule has 0 bridgehead atoms. The summed E-state index contributed by atoms with van der Waals surface area (Å²) >= 11 is 5.82. The number of halogens is 1. The van der Waals surface area contributed by atoms with Crippen LogP contribution in [-0.4, -0.2) is 37.1 Å². The van der Waals surface area contributed by atoms with Crippen LogP contribution in [0.4, 0.5) is 11.4 Å². The van der Waals surface area contributed by atoms with Crippen molar-refractivity contribution in [1.82, 2.24) is 5.43 Å². The lowest BCUT2D eigenvalue weighted by Gasteiger charge is -2.08. The summed E-state index contributed by atoms with van der Waals surface area (Å²) < 4.78 is 11.0. The van der Waals surface area contributed by atoms with Gasteiger partial charge in [0.05, 0.1) is 12.8 Å². The number of benzene rings is 3. The molecule has 0 saturated heterocycles. The molecule has 3 rings (SSSR count). The van der Waals surface area contributed by atoms with Gasteiger partial charge in [-0.15, -0.1) is 0 Å². The van der Waals surface area contributed by atoms with Gasteiger partial charge in [-0.1, -0.05) is 24.9 Å². The second-order valence-corrected chi connectivity index (χ2v) is 8.23. The second-order valence-electron chi connectivity index (χ2n) is 7.79. The molecule has 0 saturated carbocycles. The van der Waals surface area contributed by atoms with Gasteiger partial charge in [-0.2, -0.15) is 5.10 Å². The number of rotatable bonds is 11. The highest BCUT2D eigenvalue weighted by atomic mass is 35.5. The summed E-state index contributed by atoms with van der Waals surface area (Å²) in [6.45, 7) is 2.54. The quantitative estimate of drug-likeness (QED) is 0.147. The third-order valence-electron chi connectivity index (χ3n) is 4.84. The third kappa shape index (κ3) is 9.65. The number of carbonyl (C=O) groups excluding carboxylic acids is 3. The first-order valence-corrected chi connectivity index (χ1v) is 12.0. The van der Waals surface area contributed by atoms with Crippen LogP contribution < -0.4 is 25.5 Å². The Morgan fingerprint density at radius 3 is 2.08 bits per heavy atom. The Morgan fingerprint density at radius 2 is 1.41 bits per heavy atom. The van der Waals surface area contributed by atoms with Crippen molar-refractivity contribution in [2.75, 3.05) is 23.8 Å². The Morgan fingerprint density at radius 1 is 0.811 bits per heavy atom. The number of nitrogens with zero attached hydrogens (tertiary/aromatic N) is 1. The zero-order valence-corrected chi connectivity index (χ0v) is 21.0. The van der Waals surface area contributed by atoms with Crippen molar-refractivity contribution in [3.8, 4) is 11.5 Å². The molecule has 0 aliphatic carbocycles. The average molecular weight is 523 g/mol. The van der Waals surface area contributed by atoms with Crippen LogP contribution in [-0.2, 0) is 14.4 Å². The topological polar surface area (TPSA) is 118 Å². The van der Waals surface area contributed by atoms with Crippen LogP contribution in [0.15, 0.2) is 77.9 Å². The van der Waals surface area contributed by atoms with Crippen molar-refractivity contribution in [2.45, 2.75) is 19.8 Å². The van der Waals surface area contributed by atoms with Crippen molar-refractivity contribution < 1.29 is 23.9 Å². The fourth-order valence-corrected chi connectivity index (χ4v) is 3.03. The van der Waals surface area contributed by atoms with E-state index >= 15 is 0 Å². The lowest BCUT2D eigenvalue weighted by molar-refractivity contribution is -0.136. The van der Waals surface area contributed by atoms with Crippen molar-refractivity contribution in [3.05, 3.63) is 83.4 Å². The van der Waals surface area contributed by atoms with E-state index < -0.39 is 11.8 Å². The van der Waals surface area contributed by atoms with Gasteiger partial charge in [0.25, 0.3) is 5.91 Å². The van der Waals surface area contributed by atoms with E-state index in [1.54, 1.807) is 72.8 Å². The minimum atomic E-state index is -0.911. The molecule has 3 aromatic carbocycles. The van der Waals surface area contributed by atoms with Gasteiger partial charge >= 0.3 is 11.8 Å². The van der Waals surface area contributed by atoms with E-state index in [2.05, 4.69) is 28.1 Å².